The largest absolute Gasteiger partial charge is 0.368 e. The van der Waals surface area contributed by atoms with Gasteiger partial charge in [-0.3, -0.25) is 0 Å². The summed E-state index contributed by atoms with van der Waals surface area (Å²) in [6, 6.07) is 17.0. The summed E-state index contributed by atoms with van der Waals surface area (Å²) in [7, 11) is 0. The van der Waals surface area contributed by atoms with Gasteiger partial charge in [-0.1, -0.05) is 30.3 Å². The summed E-state index contributed by atoms with van der Waals surface area (Å²) in [6.45, 7) is 4.92. The number of carbonyl (C=O) groups is 1. The number of rotatable bonds is 5. The third kappa shape index (κ3) is 4.97. The lowest BCUT2D eigenvalue weighted by molar-refractivity contribution is 0.190. The lowest BCUT2D eigenvalue weighted by atomic mass is 10.1. The van der Waals surface area contributed by atoms with E-state index in [1.165, 1.54) is 17.7 Å². The second kappa shape index (κ2) is 8.70. The molecule has 1 saturated heterocycles. The standard InChI is InChI=1S/C21H26FN3O/c1-17(7-8-18-5-3-2-4-6-18)23-21(26)25-15-13-24(14-16-25)20-11-9-19(22)10-12-20/h2-6,9-12,17H,7-8,13-16H2,1H3,(H,23,26). The molecule has 3 rings (SSSR count). The van der Waals surface area contributed by atoms with Crippen molar-refractivity contribution in [1.29, 1.82) is 0 Å². The first-order valence-electron chi connectivity index (χ1n) is 9.22. The Labute approximate surface area is 154 Å². The Morgan fingerprint density at radius 1 is 1.04 bits per heavy atom. The SMILES string of the molecule is CC(CCc1ccccc1)NC(=O)N1CCN(c2ccc(F)cc2)CC1. The van der Waals surface area contributed by atoms with Crippen LogP contribution in [0.25, 0.3) is 0 Å². The minimum Gasteiger partial charge on any atom is -0.368 e. The maximum Gasteiger partial charge on any atom is 0.317 e. The molecule has 4 nitrogen and oxygen atoms in total. The van der Waals surface area contributed by atoms with Gasteiger partial charge in [-0.15, -0.1) is 0 Å². The zero-order chi connectivity index (χ0) is 18.4. The molecule has 0 aliphatic carbocycles. The van der Waals surface area contributed by atoms with Crippen molar-refractivity contribution >= 4 is 11.7 Å². The zero-order valence-corrected chi connectivity index (χ0v) is 15.2. The molecule has 1 aliphatic heterocycles. The van der Waals surface area contributed by atoms with Gasteiger partial charge in [0.15, 0.2) is 0 Å². The van der Waals surface area contributed by atoms with Crippen molar-refractivity contribution in [2.45, 2.75) is 25.8 Å². The van der Waals surface area contributed by atoms with Gasteiger partial charge in [-0.05, 0) is 49.6 Å². The number of aryl methyl sites for hydroxylation is 1. The average Bonchev–Trinajstić information content (AvgIpc) is 2.68. The highest BCUT2D eigenvalue weighted by Gasteiger charge is 2.22. The van der Waals surface area contributed by atoms with Crippen LogP contribution in [0, 0.1) is 5.82 Å². The average molecular weight is 355 g/mol. The molecule has 1 aliphatic rings. The molecule has 0 aromatic heterocycles. The number of anilines is 1. The molecule has 0 saturated carbocycles. The van der Waals surface area contributed by atoms with Crippen LogP contribution in [0.15, 0.2) is 54.6 Å². The molecular formula is C21H26FN3O. The van der Waals surface area contributed by atoms with E-state index in [4.69, 9.17) is 0 Å². The Bertz CT molecular complexity index is 697. The van der Waals surface area contributed by atoms with E-state index in [0.717, 1.165) is 31.6 Å². The molecule has 1 fully saturated rings. The van der Waals surface area contributed by atoms with Crippen molar-refractivity contribution in [3.05, 3.63) is 66.0 Å². The van der Waals surface area contributed by atoms with E-state index in [-0.39, 0.29) is 17.9 Å². The quantitative estimate of drug-likeness (QED) is 0.888. The highest BCUT2D eigenvalue weighted by atomic mass is 19.1. The number of piperazine rings is 1. The van der Waals surface area contributed by atoms with Crippen LogP contribution < -0.4 is 10.2 Å². The number of halogens is 1. The molecule has 0 spiro atoms. The lowest BCUT2D eigenvalue weighted by Gasteiger charge is -2.36. The number of amides is 2. The highest BCUT2D eigenvalue weighted by Crippen LogP contribution is 2.17. The van der Waals surface area contributed by atoms with Crippen LogP contribution in [-0.2, 0) is 6.42 Å². The highest BCUT2D eigenvalue weighted by molar-refractivity contribution is 5.74. The van der Waals surface area contributed by atoms with Crippen LogP contribution in [0.1, 0.15) is 18.9 Å². The topological polar surface area (TPSA) is 35.6 Å². The van der Waals surface area contributed by atoms with E-state index < -0.39 is 0 Å². The first-order chi connectivity index (χ1) is 12.6. The molecule has 1 atom stereocenters. The minimum atomic E-state index is -0.226. The fourth-order valence-electron chi connectivity index (χ4n) is 3.22. The predicted molar refractivity (Wildman–Crippen MR) is 103 cm³/mol. The molecule has 26 heavy (non-hydrogen) atoms. The fourth-order valence-corrected chi connectivity index (χ4v) is 3.22. The van der Waals surface area contributed by atoms with E-state index in [1.807, 2.05) is 23.1 Å². The van der Waals surface area contributed by atoms with Gasteiger partial charge in [0.2, 0.25) is 0 Å². The maximum absolute atomic E-state index is 13.0. The van der Waals surface area contributed by atoms with Gasteiger partial charge in [0.05, 0.1) is 0 Å². The molecule has 2 aromatic rings. The van der Waals surface area contributed by atoms with Crippen LogP contribution >= 0.6 is 0 Å². The summed E-state index contributed by atoms with van der Waals surface area (Å²) in [5, 5.41) is 3.10. The van der Waals surface area contributed by atoms with Crippen LogP contribution in [0.3, 0.4) is 0 Å². The van der Waals surface area contributed by atoms with Crippen molar-refractivity contribution < 1.29 is 9.18 Å². The normalized spacial score (nSPS) is 15.6. The third-order valence-electron chi connectivity index (χ3n) is 4.84. The number of carbonyl (C=O) groups excluding carboxylic acids is 1. The third-order valence-corrected chi connectivity index (χ3v) is 4.84. The summed E-state index contributed by atoms with van der Waals surface area (Å²) in [5.41, 5.74) is 2.30. The first-order valence-corrected chi connectivity index (χ1v) is 9.22. The molecule has 1 N–H and O–H groups in total. The van der Waals surface area contributed by atoms with Crippen molar-refractivity contribution in [3.8, 4) is 0 Å². The van der Waals surface area contributed by atoms with Crippen molar-refractivity contribution in [2.75, 3.05) is 31.1 Å². The molecule has 2 aromatic carbocycles. The van der Waals surface area contributed by atoms with Crippen molar-refractivity contribution in [3.63, 3.8) is 0 Å². The van der Waals surface area contributed by atoms with Gasteiger partial charge >= 0.3 is 6.03 Å². The Kier molecular flexibility index (Phi) is 6.10. The molecule has 0 radical (unpaired) electrons. The zero-order valence-electron chi connectivity index (χ0n) is 15.2. The summed E-state index contributed by atoms with van der Waals surface area (Å²) in [4.78, 5) is 16.5. The van der Waals surface area contributed by atoms with E-state index in [9.17, 15) is 9.18 Å². The predicted octanol–water partition coefficient (Wildman–Crippen LogP) is 3.68. The number of hydrogen-bond acceptors (Lipinski definition) is 2. The molecule has 5 heteroatoms. The Morgan fingerprint density at radius 2 is 1.69 bits per heavy atom. The second-order valence-corrected chi connectivity index (χ2v) is 6.83. The summed E-state index contributed by atoms with van der Waals surface area (Å²) in [5.74, 6) is -0.226. The molecule has 0 bridgehead atoms. The van der Waals surface area contributed by atoms with Gasteiger partial charge in [0.1, 0.15) is 5.82 Å². The molecule has 1 unspecified atom stereocenters. The van der Waals surface area contributed by atoms with Gasteiger partial charge in [0.25, 0.3) is 0 Å². The number of benzene rings is 2. The van der Waals surface area contributed by atoms with Gasteiger partial charge in [-0.2, -0.15) is 0 Å². The number of nitrogens with one attached hydrogen (secondary N) is 1. The number of urea groups is 1. The summed E-state index contributed by atoms with van der Waals surface area (Å²) >= 11 is 0. The van der Waals surface area contributed by atoms with Crippen LogP contribution in [0.4, 0.5) is 14.9 Å². The summed E-state index contributed by atoms with van der Waals surface area (Å²) < 4.78 is 13.0. The molecule has 138 valence electrons. The minimum absolute atomic E-state index is 0.00400. The fraction of sp³-hybridized carbons (Fsp3) is 0.381. The van der Waals surface area contributed by atoms with Gasteiger partial charge in [0, 0.05) is 37.9 Å². The molecule has 2 amide bonds. The summed E-state index contributed by atoms with van der Waals surface area (Å²) in [6.07, 6.45) is 1.88. The van der Waals surface area contributed by atoms with Gasteiger partial charge < -0.3 is 15.1 Å². The van der Waals surface area contributed by atoms with E-state index in [0.29, 0.717) is 13.1 Å². The monoisotopic (exact) mass is 355 g/mol. The molecular weight excluding hydrogens is 329 g/mol. The smallest absolute Gasteiger partial charge is 0.317 e. The second-order valence-electron chi connectivity index (χ2n) is 6.83. The van der Waals surface area contributed by atoms with E-state index in [1.54, 1.807) is 12.1 Å². The van der Waals surface area contributed by atoms with Gasteiger partial charge in [-0.25, -0.2) is 9.18 Å². The molecule has 1 heterocycles. The number of nitrogens with zero attached hydrogens (tertiary/aromatic N) is 2. The Hall–Kier alpha value is -2.56. The van der Waals surface area contributed by atoms with Crippen molar-refractivity contribution in [2.24, 2.45) is 0 Å². The lowest BCUT2D eigenvalue weighted by Crippen LogP contribution is -2.53. The first kappa shape index (κ1) is 18.2. The Balaban J connectivity index is 1.42. The Morgan fingerprint density at radius 3 is 2.35 bits per heavy atom. The van der Waals surface area contributed by atoms with Crippen molar-refractivity contribution in [1.82, 2.24) is 10.2 Å². The number of hydrogen-bond donors (Lipinski definition) is 1. The van der Waals surface area contributed by atoms with E-state index in [2.05, 4.69) is 29.3 Å². The van der Waals surface area contributed by atoms with Crippen LogP contribution in [-0.4, -0.2) is 43.2 Å². The maximum atomic E-state index is 13.0. The van der Waals surface area contributed by atoms with Crippen LogP contribution in [0.5, 0.6) is 0 Å². The van der Waals surface area contributed by atoms with E-state index >= 15 is 0 Å². The van der Waals surface area contributed by atoms with Crippen LogP contribution in [0.2, 0.25) is 0 Å².